The van der Waals surface area contributed by atoms with Crippen LogP contribution in [0.15, 0.2) is 18.2 Å². The lowest BCUT2D eigenvalue weighted by molar-refractivity contribution is -0.119. The summed E-state index contributed by atoms with van der Waals surface area (Å²) in [5, 5.41) is 6.11. The van der Waals surface area contributed by atoms with Crippen LogP contribution in [0.5, 0.6) is 0 Å². The van der Waals surface area contributed by atoms with E-state index in [4.69, 9.17) is 0 Å². The number of hydrogen-bond acceptors (Lipinski definition) is 2. The highest BCUT2D eigenvalue weighted by Gasteiger charge is 2.38. The van der Waals surface area contributed by atoms with Gasteiger partial charge in [-0.25, -0.2) is 0 Å². The van der Waals surface area contributed by atoms with Crippen LogP contribution >= 0.6 is 0 Å². The van der Waals surface area contributed by atoms with Crippen molar-refractivity contribution in [1.29, 1.82) is 0 Å². The smallest absolute Gasteiger partial charge is 0.234 e. The Morgan fingerprint density at radius 2 is 2.12 bits per heavy atom. The van der Waals surface area contributed by atoms with E-state index in [1.54, 1.807) is 0 Å². The largest absolute Gasteiger partial charge is 0.325 e. The first-order chi connectivity index (χ1) is 7.96. The van der Waals surface area contributed by atoms with Gasteiger partial charge in [-0.2, -0.15) is 0 Å². The highest BCUT2D eigenvalue weighted by molar-refractivity contribution is 6.05. The number of hydrogen-bond donors (Lipinski definition) is 2. The Labute approximate surface area is 103 Å². The molecule has 0 bridgehead atoms. The topological polar surface area (TPSA) is 41.1 Å². The summed E-state index contributed by atoms with van der Waals surface area (Å²) in [5.74, 6) is 0.544. The Morgan fingerprint density at radius 1 is 1.41 bits per heavy atom. The van der Waals surface area contributed by atoms with Crippen molar-refractivity contribution in [2.45, 2.75) is 32.1 Å². The molecule has 3 heteroatoms. The number of likely N-dealkylation sites (N-methyl/N-ethyl adjacent to an activating group) is 1. The van der Waals surface area contributed by atoms with Crippen molar-refractivity contribution in [2.24, 2.45) is 0 Å². The Balaban J connectivity index is 2.39. The molecule has 2 rings (SSSR count). The minimum Gasteiger partial charge on any atom is -0.325 e. The second-order valence-corrected chi connectivity index (χ2v) is 5.34. The lowest BCUT2D eigenvalue weighted by Crippen LogP contribution is -2.27. The summed E-state index contributed by atoms with van der Waals surface area (Å²) in [6.45, 7) is 7.08. The maximum Gasteiger partial charge on any atom is 0.234 e. The van der Waals surface area contributed by atoms with Crippen molar-refractivity contribution in [3.05, 3.63) is 29.3 Å². The van der Waals surface area contributed by atoms with E-state index in [0.717, 1.165) is 17.8 Å². The summed E-state index contributed by atoms with van der Waals surface area (Å²) in [4.78, 5) is 11.8. The molecular weight excluding hydrogens is 212 g/mol. The zero-order valence-electron chi connectivity index (χ0n) is 10.9. The summed E-state index contributed by atoms with van der Waals surface area (Å²) >= 11 is 0. The van der Waals surface area contributed by atoms with Crippen LogP contribution in [-0.4, -0.2) is 19.5 Å². The molecule has 0 fully saturated rings. The lowest BCUT2D eigenvalue weighted by Gasteiger charge is -2.18. The predicted molar refractivity (Wildman–Crippen MR) is 70.4 cm³/mol. The van der Waals surface area contributed by atoms with Crippen LogP contribution in [0.3, 0.4) is 0 Å². The monoisotopic (exact) mass is 232 g/mol. The number of fused-ring (bicyclic) bond motifs is 1. The van der Waals surface area contributed by atoms with E-state index in [-0.39, 0.29) is 5.91 Å². The summed E-state index contributed by atoms with van der Waals surface area (Å²) < 4.78 is 0. The Kier molecular flexibility index (Phi) is 2.96. The second kappa shape index (κ2) is 4.15. The number of anilines is 1. The van der Waals surface area contributed by atoms with Crippen molar-refractivity contribution in [1.82, 2.24) is 5.32 Å². The van der Waals surface area contributed by atoms with Crippen LogP contribution in [0, 0.1) is 0 Å². The average molecular weight is 232 g/mol. The standard InChI is InChI=1S/C14H20N2O/c1-9(8-15-4)10-5-6-12-11(7-10)14(2,3)13(17)16-12/h5-7,9,15H,8H2,1-4H3,(H,16,17). The van der Waals surface area contributed by atoms with E-state index >= 15 is 0 Å². The number of carbonyl (C=O) groups excluding carboxylic acids is 1. The van der Waals surface area contributed by atoms with Gasteiger partial charge < -0.3 is 10.6 Å². The van der Waals surface area contributed by atoms with E-state index in [9.17, 15) is 4.79 Å². The van der Waals surface area contributed by atoms with Gasteiger partial charge in [-0.15, -0.1) is 0 Å². The summed E-state index contributed by atoms with van der Waals surface area (Å²) in [6, 6.07) is 6.28. The molecule has 0 aromatic heterocycles. The molecule has 1 amide bonds. The van der Waals surface area contributed by atoms with E-state index in [0.29, 0.717) is 5.92 Å². The fourth-order valence-electron chi connectivity index (χ4n) is 2.32. The summed E-state index contributed by atoms with van der Waals surface area (Å²) in [7, 11) is 1.96. The van der Waals surface area contributed by atoms with Crippen LogP contribution in [0.4, 0.5) is 5.69 Å². The maximum atomic E-state index is 11.8. The summed E-state index contributed by atoms with van der Waals surface area (Å²) in [6.07, 6.45) is 0. The third kappa shape index (κ3) is 1.95. The van der Waals surface area contributed by atoms with Crippen molar-refractivity contribution in [3.63, 3.8) is 0 Å². The number of nitrogens with one attached hydrogen (secondary N) is 2. The number of benzene rings is 1. The molecule has 3 nitrogen and oxygen atoms in total. The fraction of sp³-hybridized carbons (Fsp3) is 0.500. The molecule has 92 valence electrons. The van der Waals surface area contributed by atoms with Crippen LogP contribution in [-0.2, 0) is 10.2 Å². The van der Waals surface area contributed by atoms with E-state index in [1.807, 2.05) is 27.0 Å². The molecule has 0 aliphatic carbocycles. The van der Waals surface area contributed by atoms with Crippen molar-refractivity contribution < 1.29 is 4.79 Å². The molecule has 0 radical (unpaired) electrons. The maximum absolute atomic E-state index is 11.8. The third-order valence-electron chi connectivity index (χ3n) is 3.61. The van der Waals surface area contributed by atoms with E-state index < -0.39 is 5.41 Å². The zero-order valence-corrected chi connectivity index (χ0v) is 10.9. The van der Waals surface area contributed by atoms with Crippen molar-refractivity contribution in [2.75, 3.05) is 18.9 Å². The molecule has 1 unspecified atom stereocenters. The Hall–Kier alpha value is -1.35. The fourth-order valence-corrected chi connectivity index (χ4v) is 2.32. The Morgan fingerprint density at radius 3 is 2.76 bits per heavy atom. The molecular formula is C14H20N2O. The molecule has 1 aromatic rings. The van der Waals surface area contributed by atoms with Gasteiger partial charge in [-0.3, -0.25) is 4.79 Å². The van der Waals surface area contributed by atoms with Crippen LogP contribution in [0.1, 0.15) is 37.8 Å². The van der Waals surface area contributed by atoms with E-state index in [1.165, 1.54) is 5.56 Å². The van der Waals surface area contributed by atoms with Crippen LogP contribution in [0.25, 0.3) is 0 Å². The van der Waals surface area contributed by atoms with E-state index in [2.05, 4.69) is 29.7 Å². The summed E-state index contributed by atoms with van der Waals surface area (Å²) in [5.41, 5.74) is 2.94. The molecule has 0 saturated heterocycles. The van der Waals surface area contributed by atoms with Gasteiger partial charge in [0.2, 0.25) is 5.91 Å². The first kappa shape index (κ1) is 12.1. The normalized spacial score (nSPS) is 18.7. The molecule has 17 heavy (non-hydrogen) atoms. The highest BCUT2D eigenvalue weighted by atomic mass is 16.2. The van der Waals surface area contributed by atoms with Gasteiger partial charge in [0.15, 0.2) is 0 Å². The zero-order chi connectivity index (χ0) is 12.6. The van der Waals surface area contributed by atoms with Gasteiger partial charge in [-0.05, 0) is 44.0 Å². The average Bonchev–Trinajstić information content (AvgIpc) is 2.50. The minimum absolute atomic E-state index is 0.0888. The van der Waals surface area contributed by atoms with Crippen molar-refractivity contribution in [3.8, 4) is 0 Å². The van der Waals surface area contributed by atoms with Crippen LogP contribution < -0.4 is 10.6 Å². The van der Waals surface area contributed by atoms with Gasteiger partial charge in [0.25, 0.3) is 0 Å². The first-order valence-electron chi connectivity index (χ1n) is 6.07. The highest BCUT2D eigenvalue weighted by Crippen LogP contribution is 2.38. The molecule has 1 aromatic carbocycles. The number of carbonyl (C=O) groups is 1. The van der Waals surface area contributed by atoms with Crippen LogP contribution in [0.2, 0.25) is 0 Å². The van der Waals surface area contributed by atoms with Gasteiger partial charge in [0.05, 0.1) is 5.41 Å². The molecule has 1 heterocycles. The predicted octanol–water partition coefficient (Wildman–Crippen LogP) is 2.24. The van der Waals surface area contributed by atoms with Gasteiger partial charge >= 0.3 is 0 Å². The molecule has 2 N–H and O–H groups in total. The minimum atomic E-state index is -0.412. The number of rotatable bonds is 3. The molecule has 1 atom stereocenters. The van der Waals surface area contributed by atoms with Gasteiger partial charge in [-0.1, -0.05) is 19.1 Å². The molecule has 1 aliphatic rings. The molecule has 0 saturated carbocycles. The molecule has 0 spiro atoms. The Bertz CT molecular complexity index is 452. The first-order valence-corrected chi connectivity index (χ1v) is 6.07. The van der Waals surface area contributed by atoms with Gasteiger partial charge in [0.1, 0.15) is 0 Å². The molecule has 1 aliphatic heterocycles. The SMILES string of the molecule is CNCC(C)c1ccc2c(c1)C(C)(C)C(=O)N2. The van der Waals surface area contributed by atoms with Crippen molar-refractivity contribution >= 4 is 11.6 Å². The third-order valence-corrected chi connectivity index (χ3v) is 3.61. The second-order valence-electron chi connectivity index (χ2n) is 5.34. The lowest BCUT2D eigenvalue weighted by atomic mass is 9.84. The quantitative estimate of drug-likeness (QED) is 0.839. The van der Waals surface area contributed by atoms with Gasteiger partial charge in [0, 0.05) is 12.2 Å². The number of amides is 1.